The molecule has 0 unspecified atom stereocenters. The molecule has 5 atom stereocenters. The highest BCUT2D eigenvalue weighted by atomic mass is 32.2. The molecule has 1 aliphatic heterocycles. The van der Waals surface area contributed by atoms with Crippen LogP contribution in [0.4, 0.5) is 0 Å². The Morgan fingerprint density at radius 3 is 2.19 bits per heavy atom. The summed E-state index contributed by atoms with van der Waals surface area (Å²) in [7, 11) is 4.95. The minimum Gasteiger partial charge on any atom is -0.493 e. The average Bonchev–Trinajstić information content (AvgIpc) is 3.27. The van der Waals surface area contributed by atoms with Crippen LogP contribution in [0.5, 0.6) is 11.5 Å². The van der Waals surface area contributed by atoms with Crippen LogP contribution in [0.15, 0.2) is 23.4 Å². The highest BCUT2D eigenvalue weighted by Gasteiger charge is 2.51. The molecule has 2 heterocycles. The van der Waals surface area contributed by atoms with Gasteiger partial charge in [0, 0.05) is 41.2 Å². The van der Waals surface area contributed by atoms with Crippen molar-refractivity contribution in [2.24, 2.45) is 7.05 Å². The summed E-state index contributed by atoms with van der Waals surface area (Å²) in [6.07, 6.45) is -2.13. The Hall–Kier alpha value is -3.85. The molecule has 0 saturated carbocycles. The number of hydrogen-bond acceptors (Lipinski definition) is 13. The van der Waals surface area contributed by atoms with Crippen molar-refractivity contribution in [2.75, 3.05) is 20.8 Å². The molecule has 1 N–H and O–H groups in total. The van der Waals surface area contributed by atoms with Crippen LogP contribution in [0.25, 0.3) is 0 Å². The fourth-order valence-electron chi connectivity index (χ4n) is 4.45. The largest absolute Gasteiger partial charge is 0.493 e. The highest BCUT2D eigenvalue weighted by molar-refractivity contribution is 7.99. The summed E-state index contributed by atoms with van der Waals surface area (Å²) in [4.78, 5) is 47.8. The average molecular weight is 609 g/mol. The van der Waals surface area contributed by atoms with Crippen LogP contribution in [0.1, 0.15) is 39.1 Å². The van der Waals surface area contributed by atoms with Crippen LogP contribution < -0.4 is 14.8 Å². The van der Waals surface area contributed by atoms with E-state index in [-0.39, 0.29) is 6.61 Å². The molecule has 0 aliphatic carbocycles. The van der Waals surface area contributed by atoms with E-state index in [1.54, 1.807) is 25.8 Å². The van der Waals surface area contributed by atoms with Gasteiger partial charge in [-0.3, -0.25) is 19.2 Å². The molecule has 2 aromatic rings. The Labute approximate surface area is 247 Å². The summed E-state index contributed by atoms with van der Waals surface area (Å²) in [5, 5.41) is 11.8. The number of amides is 1. The second kappa shape index (κ2) is 14.9. The third-order valence-electron chi connectivity index (χ3n) is 6.30. The third-order valence-corrected chi connectivity index (χ3v) is 7.51. The molecule has 0 bridgehead atoms. The zero-order chi connectivity index (χ0) is 31.0. The van der Waals surface area contributed by atoms with E-state index in [1.807, 2.05) is 18.2 Å². The number of carbonyl (C=O) groups excluding carboxylic acids is 4. The summed E-state index contributed by atoms with van der Waals surface area (Å²) in [6, 6.07) is 4.72. The standard InChI is InChI=1S/C27H36N4O10S/c1-14(32)28-23-25(40-17(4)35)24(39-16(3)34)21(13-38-15(2)33)41-26(23)42-27-30-29-22(31(27)5)11-9-18-8-10-19(36-6)20(12-18)37-7/h8,10,12,21,23-26H,9,11,13H2,1-7H3,(H,28,32)/t21-,23-,24+,25+,26+/m0/s1. The van der Waals surface area contributed by atoms with E-state index in [0.717, 1.165) is 17.3 Å². The molecule has 42 heavy (non-hydrogen) atoms. The summed E-state index contributed by atoms with van der Waals surface area (Å²) in [5.74, 6) is -0.404. The Morgan fingerprint density at radius 1 is 0.929 bits per heavy atom. The monoisotopic (exact) mass is 608 g/mol. The first-order valence-corrected chi connectivity index (χ1v) is 14.0. The van der Waals surface area contributed by atoms with Gasteiger partial charge in [-0.25, -0.2) is 0 Å². The number of rotatable bonds is 12. The van der Waals surface area contributed by atoms with Gasteiger partial charge in [0.1, 0.15) is 30.0 Å². The van der Waals surface area contributed by atoms with E-state index in [0.29, 0.717) is 35.3 Å². The minimum absolute atomic E-state index is 0.287. The van der Waals surface area contributed by atoms with Crippen LogP contribution >= 0.6 is 11.8 Å². The molecule has 14 nitrogen and oxygen atoms in total. The zero-order valence-corrected chi connectivity index (χ0v) is 25.4. The molecule has 1 fully saturated rings. The minimum atomic E-state index is -1.17. The second-order valence-corrected chi connectivity index (χ2v) is 10.6. The van der Waals surface area contributed by atoms with Gasteiger partial charge in [0.2, 0.25) is 5.91 Å². The maximum atomic E-state index is 12.2. The summed E-state index contributed by atoms with van der Waals surface area (Å²) < 4.78 is 34.9. The van der Waals surface area contributed by atoms with Crippen LogP contribution in [-0.2, 0) is 58.0 Å². The molecule has 1 saturated heterocycles. The van der Waals surface area contributed by atoms with Crippen LogP contribution in [0.2, 0.25) is 0 Å². The number of hydrogen-bond donors (Lipinski definition) is 1. The van der Waals surface area contributed by atoms with E-state index in [4.69, 9.17) is 28.4 Å². The fraction of sp³-hybridized carbons (Fsp3) is 0.556. The van der Waals surface area contributed by atoms with Gasteiger partial charge < -0.3 is 38.3 Å². The molecule has 15 heteroatoms. The topological polar surface area (TPSA) is 166 Å². The predicted molar refractivity (Wildman–Crippen MR) is 148 cm³/mol. The van der Waals surface area contributed by atoms with E-state index in [2.05, 4.69) is 15.5 Å². The zero-order valence-electron chi connectivity index (χ0n) is 24.6. The number of thioether (sulfide) groups is 1. The van der Waals surface area contributed by atoms with Gasteiger partial charge in [-0.15, -0.1) is 10.2 Å². The SMILES string of the molecule is COc1ccc(CCc2nnc(S[C@H]3O[C@@H](COC(C)=O)[C@@H](OC(C)=O)[C@H](OC(C)=O)[C@@H]3NC(C)=O)n2C)cc1OC. The molecule has 1 aromatic carbocycles. The number of nitrogens with one attached hydrogen (secondary N) is 1. The Morgan fingerprint density at radius 2 is 1.60 bits per heavy atom. The first-order valence-electron chi connectivity index (χ1n) is 13.1. The molecular weight excluding hydrogens is 572 g/mol. The van der Waals surface area contributed by atoms with Crippen molar-refractivity contribution < 1.29 is 47.6 Å². The molecule has 1 amide bonds. The van der Waals surface area contributed by atoms with Crippen LogP contribution in [0.3, 0.4) is 0 Å². The van der Waals surface area contributed by atoms with E-state index in [1.165, 1.54) is 27.7 Å². The van der Waals surface area contributed by atoms with Crippen molar-refractivity contribution in [1.82, 2.24) is 20.1 Å². The number of ether oxygens (including phenoxy) is 6. The summed E-state index contributed by atoms with van der Waals surface area (Å²) >= 11 is 1.13. The van der Waals surface area contributed by atoms with Gasteiger partial charge in [-0.1, -0.05) is 17.8 Å². The fourth-order valence-corrected chi connectivity index (χ4v) is 5.58. The number of esters is 3. The molecule has 1 aliphatic rings. The number of aromatic nitrogens is 3. The van der Waals surface area contributed by atoms with Crippen molar-refractivity contribution in [1.29, 1.82) is 0 Å². The van der Waals surface area contributed by atoms with Crippen molar-refractivity contribution in [3.63, 3.8) is 0 Å². The van der Waals surface area contributed by atoms with Crippen LogP contribution in [0, 0.1) is 0 Å². The normalized spacial score (nSPS) is 21.6. The van der Waals surface area contributed by atoms with Gasteiger partial charge >= 0.3 is 17.9 Å². The number of methoxy groups -OCH3 is 2. The molecule has 1 aromatic heterocycles. The lowest BCUT2D eigenvalue weighted by atomic mass is 9.97. The first-order chi connectivity index (χ1) is 19.9. The first kappa shape index (κ1) is 32.7. The van der Waals surface area contributed by atoms with Crippen molar-refractivity contribution in [2.45, 2.75) is 75.5 Å². The number of benzene rings is 1. The Balaban J connectivity index is 1.87. The quantitative estimate of drug-likeness (QED) is 0.271. The van der Waals surface area contributed by atoms with Gasteiger partial charge in [0.15, 0.2) is 28.9 Å². The second-order valence-electron chi connectivity index (χ2n) is 9.48. The third kappa shape index (κ3) is 8.58. The number of aryl methyl sites for hydroxylation is 2. The van der Waals surface area contributed by atoms with Crippen molar-refractivity contribution >= 4 is 35.6 Å². The van der Waals surface area contributed by atoms with E-state index in [9.17, 15) is 19.2 Å². The maximum absolute atomic E-state index is 12.2. The molecule has 0 spiro atoms. The maximum Gasteiger partial charge on any atom is 0.303 e. The molecular formula is C27H36N4O10S. The van der Waals surface area contributed by atoms with Gasteiger partial charge in [-0.05, 0) is 24.1 Å². The number of nitrogens with zero attached hydrogens (tertiary/aromatic N) is 3. The Bertz CT molecular complexity index is 1290. The van der Waals surface area contributed by atoms with E-state index < -0.39 is 53.6 Å². The highest BCUT2D eigenvalue weighted by Crippen LogP contribution is 2.36. The van der Waals surface area contributed by atoms with Crippen molar-refractivity contribution in [3.05, 3.63) is 29.6 Å². The molecule has 3 rings (SSSR count). The number of carbonyl (C=O) groups is 4. The van der Waals surface area contributed by atoms with Gasteiger partial charge in [0.25, 0.3) is 0 Å². The summed E-state index contributed by atoms with van der Waals surface area (Å²) in [6.45, 7) is 4.62. The van der Waals surface area contributed by atoms with Crippen molar-refractivity contribution in [3.8, 4) is 11.5 Å². The predicted octanol–water partition coefficient (Wildman–Crippen LogP) is 1.37. The lowest BCUT2D eigenvalue weighted by molar-refractivity contribution is -0.211. The van der Waals surface area contributed by atoms with E-state index >= 15 is 0 Å². The Kier molecular flexibility index (Phi) is 11.6. The lowest BCUT2D eigenvalue weighted by Gasteiger charge is -2.44. The van der Waals surface area contributed by atoms with Crippen LogP contribution in [-0.4, -0.2) is 89.2 Å². The smallest absolute Gasteiger partial charge is 0.303 e. The summed E-state index contributed by atoms with van der Waals surface area (Å²) in [5.41, 5.74) is 0.118. The molecule has 0 radical (unpaired) electrons. The molecule has 230 valence electrons. The van der Waals surface area contributed by atoms with Gasteiger partial charge in [-0.2, -0.15) is 0 Å². The lowest BCUT2D eigenvalue weighted by Crippen LogP contribution is -2.65. The van der Waals surface area contributed by atoms with Gasteiger partial charge in [0.05, 0.1) is 14.2 Å².